The van der Waals surface area contributed by atoms with E-state index in [1.165, 1.54) is 4.88 Å². The zero-order valence-corrected chi connectivity index (χ0v) is 17.5. The summed E-state index contributed by atoms with van der Waals surface area (Å²) < 4.78 is 9.01. The summed E-state index contributed by atoms with van der Waals surface area (Å²) in [6.07, 6.45) is 0. The van der Waals surface area contributed by atoms with Crippen molar-refractivity contribution in [2.24, 2.45) is 7.05 Å². The molecule has 0 radical (unpaired) electrons. The lowest BCUT2D eigenvalue weighted by molar-refractivity contribution is -0.119. The van der Waals surface area contributed by atoms with Crippen LogP contribution in [-0.2, 0) is 23.1 Å². The summed E-state index contributed by atoms with van der Waals surface area (Å²) in [5, 5.41) is 9.05. The molecule has 3 rings (SSSR count). The van der Waals surface area contributed by atoms with Crippen molar-refractivity contribution in [1.82, 2.24) is 14.3 Å². The van der Waals surface area contributed by atoms with Crippen LogP contribution in [0.4, 0.5) is 5.69 Å². The second-order valence-electron chi connectivity index (χ2n) is 6.74. The first-order valence-corrected chi connectivity index (χ1v) is 9.82. The molecule has 0 atom stereocenters. The Hall–Kier alpha value is -2.87. The standard InChI is InChI=1S/C20H24N4O3S/c1-12-9-17(14(3)24(12)10-16-7-6-8-28-16)20(26)27-11-18(25)21-19-13(2)22-23(5)15(19)4/h6-9H,10-11H2,1-5H3,(H,21,25). The highest BCUT2D eigenvalue weighted by Gasteiger charge is 2.19. The molecule has 0 aliphatic heterocycles. The number of hydrogen-bond donors (Lipinski definition) is 1. The molecule has 3 aromatic heterocycles. The summed E-state index contributed by atoms with van der Waals surface area (Å²) in [4.78, 5) is 25.9. The maximum absolute atomic E-state index is 12.5. The number of anilines is 1. The van der Waals surface area contributed by atoms with E-state index in [1.807, 2.05) is 46.2 Å². The quantitative estimate of drug-likeness (QED) is 0.644. The molecule has 1 amide bonds. The number of rotatable bonds is 6. The Morgan fingerprint density at radius 2 is 1.96 bits per heavy atom. The third-order valence-corrected chi connectivity index (χ3v) is 5.66. The molecule has 0 saturated carbocycles. The SMILES string of the molecule is Cc1nn(C)c(C)c1NC(=O)COC(=O)c1cc(C)n(Cc2cccs2)c1C. The van der Waals surface area contributed by atoms with Gasteiger partial charge in [0.2, 0.25) is 0 Å². The largest absolute Gasteiger partial charge is 0.452 e. The topological polar surface area (TPSA) is 78.2 Å². The predicted octanol–water partition coefficient (Wildman–Crippen LogP) is 3.36. The monoisotopic (exact) mass is 400 g/mol. The lowest BCUT2D eigenvalue weighted by Gasteiger charge is -2.09. The number of carbonyl (C=O) groups excluding carboxylic acids is 2. The molecule has 0 unspecified atom stereocenters. The zero-order valence-electron chi connectivity index (χ0n) is 16.7. The summed E-state index contributed by atoms with van der Waals surface area (Å²) in [7, 11) is 1.81. The average Bonchev–Trinajstić information content (AvgIpc) is 3.32. The minimum atomic E-state index is -0.500. The van der Waals surface area contributed by atoms with Crippen LogP contribution in [0.5, 0.6) is 0 Å². The Balaban J connectivity index is 1.64. The van der Waals surface area contributed by atoms with E-state index < -0.39 is 5.97 Å². The number of hydrogen-bond acceptors (Lipinski definition) is 5. The maximum Gasteiger partial charge on any atom is 0.340 e. The van der Waals surface area contributed by atoms with Crippen LogP contribution >= 0.6 is 11.3 Å². The van der Waals surface area contributed by atoms with Gasteiger partial charge in [0.1, 0.15) is 0 Å². The Labute approximate surface area is 167 Å². The van der Waals surface area contributed by atoms with Crippen LogP contribution < -0.4 is 5.32 Å². The van der Waals surface area contributed by atoms with Gasteiger partial charge in [-0.3, -0.25) is 9.48 Å². The van der Waals surface area contributed by atoms with E-state index in [9.17, 15) is 9.59 Å². The molecule has 1 N–H and O–H groups in total. The van der Waals surface area contributed by atoms with Crippen LogP contribution in [0.2, 0.25) is 0 Å². The lowest BCUT2D eigenvalue weighted by atomic mass is 10.2. The van der Waals surface area contributed by atoms with Gasteiger partial charge in [-0.15, -0.1) is 11.3 Å². The number of thiophene rings is 1. The fraction of sp³-hybridized carbons (Fsp3) is 0.350. The van der Waals surface area contributed by atoms with Gasteiger partial charge in [0.05, 0.1) is 29.2 Å². The summed E-state index contributed by atoms with van der Waals surface area (Å²) in [5.41, 5.74) is 4.50. The Kier molecular flexibility index (Phi) is 5.69. The molecule has 3 heterocycles. The van der Waals surface area contributed by atoms with E-state index in [2.05, 4.69) is 21.0 Å². The van der Waals surface area contributed by atoms with Crippen molar-refractivity contribution in [2.45, 2.75) is 34.2 Å². The number of amides is 1. The summed E-state index contributed by atoms with van der Waals surface area (Å²) in [6.45, 7) is 7.89. The van der Waals surface area contributed by atoms with Crippen LogP contribution in [0.15, 0.2) is 23.6 Å². The third-order valence-electron chi connectivity index (χ3n) is 4.80. The van der Waals surface area contributed by atoms with Crippen LogP contribution in [0, 0.1) is 27.7 Å². The first kappa shape index (κ1) is 19.9. The summed E-state index contributed by atoms with van der Waals surface area (Å²) >= 11 is 1.68. The van der Waals surface area contributed by atoms with E-state index in [4.69, 9.17) is 4.74 Å². The van der Waals surface area contributed by atoms with Crippen LogP contribution in [0.1, 0.15) is 38.0 Å². The van der Waals surface area contributed by atoms with Crippen molar-refractivity contribution in [1.29, 1.82) is 0 Å². The van der Waals surface area contributed by atoms with E-state index in [1.54, 1.807) is 22.1 Å². The smallest absolute Gasteiger partial charge is 0.340 e. The fourth-order valence-electron chi connectivity index (χ4n) is 3.15. The summed E-state index contributed by atoms with van der Waals surface area (Å²) in [5.74, 6) is -0.889. The molecule has 8 heteroatoms. The van der Waals surface area contributed by atoms with Crippen LogP contribution in [0.3, 0.4) is 0 Å². The van der Waals surface area contributed by atoms with Gasteiger partial charge < -0.3 is 14.6 Å². The summed E-state index contributed by atoms with van der Waals surface area (Å²) in [6, 6.07) is 5.88. The molecular weight excluding hydrogens is 376 g/mol. The van der Waals surface area contributed by atoms with E-state index >= 15 is 0 Å². The number of aromatic nitrogens is 3. The minimum Gasteiger partial charge on any atom is -0.452 e. The zero-order chi connectivity index (χ0) is 20.4. The van der Waals surface area contributed by atoms with E-state index in [0.29, 0.717) is 17.8 Å². The van der Waals surface area contributed by atoms with Crippen LogP contribution in [-0.4, -0.2) is 32.8 Å². The molecule has 0 aliphatic carbocycles. The number of aryl methyl sites for hydroxylation is 3. The van der Waals surface area contributed by atoms with Gasteiger partial charge in [-0.05, 0) is 45.2 Å². The second kappa shape index (κ2) is 8.02. The van der Waals surface area contributed by atoms with Gasteiger partial charge in [0.15, 0.2) is 6.61 Å². The molecule has 0 aromatic carbocycles. The lowest BCUT2D eigenvalue weighted by Crippen LogP contribution is -2.21. The average molecular weight is 401 g/mol. The number of esters is 1. The van der Waals surface area contributed by atoms with E-state index in [-0.39, 0.29) is 12.5 Å². The normalized spacial score (nSPS) is 10.9. The highest BCUT2D eigenvalue weighted by Crippen LogP contribution is 2.21. The van der Waals surface area contributed by atoms with Gasteiger partial charge in [-0.2, -0.15) is 5.10 Å². The van der Waals surface area contributed by atoms with Gasteiger partial charge in [-0.25, -0.2) is 4.79 Å². The molecule has 0 bridgehead atoms. The Morgan fingerprint density at radius 3 is 2.57 bits per heavy atom. The van der Waals surface area contributed by atoms with Gasteiger partial charge in [-0.1, -0.05) is 6.07 Å². The number of carbonyl (C=O) groups is 2. The Bertz CT molecular complexity index is 1020. The molecule has 0 saturated heterocycles. The molecule has 7 nitrogen and oxygen atoms in total. The molecule has 0 aliphatic rings. The van der Waals surface area contributed by atoms with E-state index in [0.717, 1.165) is 22.8 Å². The van der Waals surface area contributed by atoms with Crippen molar-refractivity contribution in [3.8, 4) is 0 Å². The number of nitrogens with zero attached hydrogens (tertiary/aromatic N) is 3. The minimum absolute atomic E-state index is 0.346. The molecule has 0 spiro atoms. The van der Waals surface area contributed by atoms with Crippen molar-refractivity contribution < 1.29 is 14.3 Å². The third kappa shape index (κ3) is 4.01. The molecular formula is C20H24N4O3S. The Morgan fingerprint density at radius 1 is 1.21 bits per heavy atom. The fourth-order valence-corrected chi connectivity index (χ4v) is 3.84. The number of ether oxygens (including phenoxy) is 1. The highest BCUT2D eigenvalue weighted by atomic mass is 32.1. The van der Waals surface area contributed by atoms with Crippen molar-refractivity contribution in [3.05, 3.63) is 56.8 Å². The van der Waals surface area contributed by atoms with Gasteiger partial charge in [0, 0.05) is 23.3 Å². The number of nitrogens with one attached hydrogen (secondary N) is 1. The van der Waals surface area contributed by atoms with Gasteiger partial charge in [0.25, 0.3) is 5.91 Å². The molecule has 28 heavy (non-hydrogen) atoms. The molecule has 0 fully saturated rings. The van der Waals surface area contributed by atoms with Crippen molar-refractivity contribution in [2.75, 3.05) is 11.9 Å². The maximum atomic E-state index is 12.5. The predicted molar refractivity (Wildman–Crippen MR) is 109 cm³/mol. The second-order valence-corrected chi connectivity index (χ2v) is 7.78. The van der Waals surface area contributed by atoms with Crippen LogP contribution in [0.25, 0.3) is 0 Å². The molecule has 148 valence electrons. The molecule has 3 aromatic rings. The van der Waals surface area contributed by atoms with Crippen molar-refractivity contribution >= 4 is 28.9 Å². The highest BCUT2D eigenvalue weighted by molar-refractivity contribution is 7.09. The van der Waals surface area contributed by atoms with Crippen molar-refractivity contribution in [3.63, 3.8) is 0 Å². The first-order valence-electron chi connectivity index (χ1n) is 8.94. The first-order chi connectivity index (χ1) is 13.3. The van der Waals surface area contributed by atoms with Gasteiger partial charge >= 0.3 is 5.97 Å².